The fourth-order valence-corrected chi connectivity index (χ4v) is 2.11. The van der Waals surface area contributed by atoms with E-state index in [0.29, 0.717) is 13.2 Å². The van der Waals surface area contributed by atoms with Crippen molar-refractivity contribution < 1.29 is 9.53 Å². The maximum absolute atomic E-state index is 11.5. The largest absolute Gasteiger partial charge is 0.375 e. The second kappa shape index (κ2) is 5.29. The van der Waals surface area contributed by atoms with Crippen molar-refractivity contribution in [2.24, 2.45) is 0 Å². The van der Waals surface area contributed by atoms with Crippen LogP contribution in [0, 0.1) is 0 Å². The molecule has 4 nitrogen and oxygen atoms in total. The predicted octanol–water partition coefficient (Wildman–Crippen LogP) is 0.982. The Morgan fingerprint density at radius 1 is 1.47 bits per heavy atom. The Bertz CT molecular complexity index is 406. The molecule has 17 heavy (non-hydrogen) atoms. The predicted molar refractivity (Wildman–Crippen MR) is 65.5 cm³/mol. The standard InChI is InChI=1S/C13H18N2O2/c1-9(13(16)14-2)15-12-8-17-7-10-5-3-4-6-11(10)12/h3-6,9,12,15H,7-8H2,1-2H3,(H,14,16). The lowest BCUT2D eigenvalue weighted by Crippen LogP contribution is -2.44. The molecule has 0 bridgehead atoms. The molecule has 1 aromatic carbocycles. The van der Waals surface area contributed by atoms with Crippen LogP contribution in [0.1, 0.15) is 24.1 Å². The quantitative estimate of drug-likeness (QED) is 0.819. The first-order valence-corrected chi connectivity index (χ1v) is 5.85. The Morgan fingerprint density at radius 2 is 2.24 bits per heavy atom. The first-order valence-electron chi connectivity index (χ1n) is 5.85. The highest BCUT2D eigenvalue weighted by atomic mass is 16.5. The average Bonchev–Trinajstić information content (AvgIpc) is 2.38. The number of likely N-dealkylation sites (N-methyl/N-ethyl adjacent to an activating group) is 1. The summed E-state index contributed by atoms with van der Waals surface area (Å²) in [6, 6.07) is 8.04. The van der Waals surface area contributed by atoms with E-state index in [1.807, 2.05) is 19.1 Å². The van der Waals surface area contributed by atoms with E-state index in [-0.39, 0.29) is 18.0 Å². The highest BCUT2D eigenvalue weighted by Gasteiger charge is 2.23. The van der Waals surface area contributed by atoms with E-state index >= 15 is 0 Å². The minimum absolute atomic E-state index is 0.00643. The van der Waals surface area contributed by atoms with Gasteiger partial charge in [0, 0.05) is 7.05 Å². The lowest BCUT2D eigenvalue weighted by molar-refractivity contribution is -0.122. The van der Waals surface area contributed by atoms with Gasteiger partial charge < -0.3 is 10.1 Å². The van der Waals surface area contributed by atoms with E-state index in [2.05, 4.69) is 22.8 Å². The molecular weight excluding hydrogens is 216 g/mol. The molecule has 0 spiro atoms. The Morgan fingerprint density at radius 3 is 3.00 bits per heavy atom. The summed E-state index contributed by atoms with van der Waals surface area (Å²) in [5, 5.41) is 5.92. The number of hydrogen-bond donors (Lipinski definition) is 2. The second-order valence-corrected chi connectivity index (χ2v) is 4.27. The van der Waals surface area contributed by atoms with E-state index in [1.54, 1.807) is 7.05 Å². The number of carbonyl (C=O) groups excluding carboxylic acids is 1. The van der Waals surface area contributed by atoms with Crippen molar-refractivity contribution in [2.45, 2.75) is 25.6 Å². The topological polar surface area (TPSA) is 50.4 Å². The van der Waals surface area contributed by atoms with Crippen LogP contribution in [0.25, 0.3) is 0 Å². The van der Waals surface area contributed by atoms with Crippen molar-refractivity contribution in [2.75, 3.05) is 13.7 Å². The van der Waals surface area contributed by atoms with E-state index in [4.69, 9.17) is 4.74 Å². The first-order chi connectivity index (χ1) is 8.22. The Labute approximate surface area is 101 Å². The SMILES string of the molecule is CNC(=O)C(C)NC1COCc2ccccc21. The van der Waals surface area contributed by atoms with Gasteiger partial charge in [-0.2, -0.15) is 0 Å². The molecular formula is C13H18N2O2. The minimum Gasteiger partial charge on any atom is -0.375 e. The molecule has 1 aliphatic heterocycles. The summed E-state index contributed by atoms with van der Waals surface area (Å²) >= 11 is 0. The Hall–Kier alpha value is -1.39. The lowest BCUT2D eigenvalue weighted by Gasteiger charge is -2.28. The van der Waals surface area contributed by atoms with Gasteiger partial charge in [-0.1, -0.05) is 24.3 Å². The highest BCUT2D eigenvalue weighted by molar-refractivity contribution is 5.81. The van der Waals surface area contributed by atoms with Gasteiger partial charge in [-0.15, -0.1) is 0 Å². The average molecular weight is 234 g/mol. The zero-order chi connectivity index (χ0) is 12.3. The lowest BCUT2D eigenvalue weighted by atomic mass is 9.98. The molecule has 1 aliphatic rings. The third kappa shape index (κ3) is 2.65. The van der Waals surface area contributed by atoms with Crippen LogP contribution in [-0.4, -0.2) is 25.6 Å². The number of amides is 1. The van der Waals surface area contributed by atoms with Crippen molar-refractivity contribution in [1.82, 2.24) is 10.6 Å². The molecule has 1 amide bonds. The fourth-order valence-electron chi connectivity index (χ4n) is 2.11. The van der Waals surface area contributed by atoms with Gasteiger partial charge in [-0.3, -0.25) is 10.1 Å². The van der Waals surface area contributed by atoms with Crippen LogP contribution in [0.4, 0.5) is 0 Å². The van der Waals surface area contributed by atoms with Gasteiger partial charge >= 0.3 is 0 Å². The number of hydrogen-bond acceptors (Lipinski definition) is 3. The molecule has 4 heteroatoms. The Balaban J connectivity index is 2.11. The molecule has 2 unspecified atom stereocenters. The van der Waals surface area contributed by atoms with E-state index in [1.165, 1.54) is 11.1 Å². The summed E-state index contributed by atoms with van der Waals surface area (Å²) in [6.07, 6.45) is 0. The maximum Gasteiger partial charge on any atom is 0.236 e. The summed E-state index contributed by atoms with van der Waals surface area (Å²) in [5.41, 5.74) is 2.43. The van der Waals surface area contributed by atoms with Crippen molar-refractivity contribution >= 4 is 5.91 Å². The van der Waals surface area contributed by atoms with Gasteiger partial charge in [0.25, 0.3) is 0 Å². The number of fused-ring (bicyclic) bond motifs is 1. The van der Waals surface area contributed by atoms with Crippen LogP contribution in [0.3, 0.4) is 0 Å². The third-order valence-electron chi connectivity index (χ3n) is 3.06. The van der Waals surface area contributed by atoms with Crippen molar-refractivity contribution in [1.29, 1.82) is 0 Å². The molecule has 2 rings (SSSR count). The van der Waals surface area contributed by atoms with Crippen molar-refractivity contribution in [3.63, 3.8) is 0 Å². The van der Waals surface area contributed by atoms with Crippen LogP contribution in [0.15, 0.2) is 24.3 Å². The number of carbonyl (C=O) groups is 1. The van der Waals surface area contributed by atoms with Crippen LogP contribution < -0.4 is 10.6 Å². The Kier molecular flexibility index (Phi) is 3.76. The molecule has 0 saturated carbocycles. The van der Waals surface area contributed by atoms with Gasteiger partial charge in [-0.25, -0.2) is 0 Å². The second-order valence-electron chi connectivity index (χ2n) is 4.27. The molecule has 0 aromatic heterocycles. The molecule has 0 saturated heterocycles. The van der Waals surface area contributed by atoms with Crippen LogP contribution >= 0.6 is 0 Å². The first kappa shape index (κ1) is 12.1. The molecule has 1 heterocycles. The van der Waals surface area contributed by atoms with E-state index in [9.17, 15) is 4.79 Å². The van der Waals surface area contributed by atoms with Crippen LogP contribution in [-0.2, 0) is 16.1 Å². The molecule has 2 N–H and O–H groups in total. The number of ether oxygens (including phenoxy) is 1. The van der Waals surface area contributed by atoms with Crippen LogP contribution in [0.5, 0.6) is 0 Å². The van der Waals surface area contributed by atoms with Crippen molar-refractivity contribution in [3.05, 3.63) is 35.4 Å². The molecule has 1 aromatic rings. The minimum atomic E-state index is -0.222. The van der Waals surface area contributed by atoms with E-state index in [0.717, 1.165) is 0 Å². The summed E-state index contributed by atoms with van der Waals surface area (Å²) in [7, 11) is 1.64. The van der Waals surface area contributed by atoms with Gasteiger partial charge in [0.1, 0.15) is 0 Å². The molecule has 92 valence electrons. The van der Waals surface area contributed by atoms with E-state index < -0.39 is 0 Å². The summed E-state index contributed by atoms with van der Waals surface area (Å²) in [5.74, 6) is -0.00643. The third-order valence-corrected chi connectivity index (χ3v) is 3.06. The zero-order valence-electron chi connectivity index (χ0n) is 10.2. The number of rotatable bonds is 3. The number of benzene rings is 1. The van der Waals surface area contributed by atoms with Gasteiger partial charge in [0.2, 0.25) is 5.91 Å². The normalized spacial score (nSPS) is 20.5. The molecule has 0 fully saturated rings. The smallest absolute Gasteiger partial charge is 0.236 e. The molecule has 0 aliphatic carbocycles. The zero-order valence-corrected chi connectivity index (χ0v) is 10.2. The molecule has 2 atom stereocenters. The van der Waals surface area contributed by atoms with Gasteiger partial charge in [0.05, 0.1) is 25.3 Å². The summed E-state index contributed by atoms with van der Waals surface area (Å²) < 4.78 is 5.53. The van der Waals surface area contributed by atoms with Gasteiger partial charge in [0.15, 0.2) is 0 Å². The molecule has 0 radical (unpaired) electrons. The van der Waals surface area contributed by atoms with Crippen molar-refractivity contribution in [3.8, 4) is 0 Å². The van der Waals surface area contributed by atoms with Gasteiger partial charge in [-0.05, 0) is 18.1 Å². The maximum atomic E-state index is 11.5. The number of nitrogens with one attached hydrogen (secondary N) is 2. The monoisotopic (exact) mass is 234 g/mol. The fraction of sp³-hybridized carbons (Fsp3) is 0.462. The highest BCUT2D eigenvalue weighted by Crippen LogP contribution is 2.24. The summed E-state index contributed by atoms with van der Waals surface area (Å²) in [6.45, 7) is 3.12. The summed E-state index contributed by atoms with van der Waals surface area (Å²) in [4.78, 5) is 11.5. The van der Waals surface area contributed by atoms with Crippen LogP contribution in [0.2, 0.25) is 0 Å².